The molecule has 6 nitrogen and oxygen atoms in total. The highest BCUT2D eigenvalue weighted by Crippen LogP contribution is 2.23. The second-order valence-electron chi connectivity index (χ2n) is 3.93. The lowest BCUT2D eigenvalue weighted by molar-refractivity contribution is 0.393. The first kappa shape index (κ1) is 14.7. The van der Waals surface area contributed by atoms with Gasteiger partial charge in [-0.1, -0.05) is 18.2 Å². The molecule has 0 saturated heterocycles. The Morgan fingerprint density at radius 3 is 2.65 bits per heavy atom. The summed E-state index contributed by atoms with van der Waals surface area (Å²) in [6.45, 7) is 1.72. The average molecular weight is 358 g/mol. The van der Waals surface area contributed by atoms with Gasteiger partial charge < -0.3 is 4.74 Å². The van der Waals surface area contributed by atoms with Gasteiger partial charge in [0.1, 0.15) is 0 Å². The van der Waals surface area contributed by atoms with Gasteiger partial charge in [0.25, 0.3) is 10.0 Å². The number of aryl methyl sites for hydroxylation is 1. The molecule has 0 fully saturated rings. The van der Waals surface area contributed by atoms with E-state index >= 15 is 0 Å². The number of benzene rings is 1. The molecule has 0 aliphatic carbocycles. The highest BCUT2D eigenvalue weighted by Gasteiger charge is 2.18. The summed E-state index contributed by atoms with van der Waals surface area (Å²) in [7, 11) is -2.28. The normalized spacial score (nSPS) is 11.2. The van der Waals surface area contributed by atoms with Crippen LogP contribution in [0.15, 0.2) is 40.0 Å². The molecule has 106 valence electrons. The summed E-state index contributed by atoms with van der Waals surface area (Å²) in [5, 5.41) is 0. The Balaban J connectivity index is 2.36. The molecular formula is C12H12BrN3O3S. The van der Waals surface area contributed by atoms with Crippen LogP contribution in [0.2, 0.25) is 0 Å². The van der Waals surface area contributed by atoms with E-state index in [9.17, 15) is 8.42 Å². The predicted octanol–water partition coefficient (Wildman–Crippen LogP) is 2.36. The standard InChI is InChI=1S/C12H12BrN3O3S/c1-8-5-3-4-6-9(8)20(17,18)16-10-7-14-11(13)12(15-10)19-2/h3-7H,1-2H3,(H,15,16). The number of rotatable bonds is 4. The number of aromatic nitrogens is 2. The minimum absolute atomic E-state index is 0.0910. The number of hydrogen-bond acceptors (Lipinski definition) is 5. The maximum atomic E-state index is 12.3. The average Bonchev–Trinajstić information content (AvgIpc) is 2.41. The monoisotopic (exact) mass is 357 g/mol. The van der Waals surface area contributed by atoms with E-state index in [2.05, 4.69) is 30.6 Å². The highest BCUT2D eigenvalue weighted by molar-refractivity contribution is 9.10. The fourth-order valence-corrected chi connectivity index (χ4v) is 3.17. The lowest BCUT2D eigenvalue weighted by Gasteiger charge is -2.10. The largest absolute Gasteiger partial charge is 0.479 e. The minimum atomic E-state index is -3.71. The van der Waals surface area contributed by atoms with E-state index in [4.69, 9.17) is 4.74 Å². The summed E-state index contributed by atoms with van der Waals surface area (Å²) in [5.41, 5.74) is 0.650. The SMILES string of the molecule is COc1nc(NS(=O)(=O)c2ccccc2C)cnc1Br. The molecule has 8 heteroatoms. The van der Waals surface area contributed by atoms with E-state index in [-0.39, 0.29) is 16.6 Å². The van der Waals surface area contributed by atoms with Crippen LogP contribution in [0.25, 0.3) is 0 Å². The number of halogens is 1. The zero-order chi connectivity index (χ0) is 14.8. The zero-order valence-electron chi connectivity index (χ0n) is 10.8. The van der Waals surface area contributed by atoms with Crippen LogP contribution in [0.3, 0.4) is 0 Å². The number of ether oxygens (including phenoxy) is 1. The smallest absolute Gasteiger partial charge is 0.263 e. The van der Waals surface area contributed by atoms with E-state index in [1.807, 2.05) is 0 Å². The molecule has 1 aromatic carbocycles. The third kappa shape index (κ3) is 3.07. The van der Waals surface area contributed by atoms with Gasteiger partial charge in [-0.15, -0.1) is 0 Å². The molecule has 20 heavy (non-hydrogen) atoms. The molecule has 0 spiro atoms. The first-order valence-electron chi connectivity index (χ1n) is 5.59. The third-order valence-corrected chi connectivity index (χ3v) is 4.57. The van der Waals surface area contributed by atoms with Crippen LogP contribution in [0.5, 0.6) is 5.88 Å². The highest BCUT2D eigenvalue weighted by atomic mass is 79.9. The van der Waals surface area contributed by atoms with E-state index in [1.54, 1.807) is 25.1 Å². The van der Waals surface area contributed by atoms with Gasteiger partial charge in [-0.2, -0.15) is 4.98 Å². The number of nitrogens with one attached hydrogen (secondary N) is 1. The van der Waals surface area contributed by atoms with Crippen molar-refractivity contribution in [2.75, 3.05) is 11.8 Å². The second-order valence-corrected chi connectivity index (χ2v) is 6.33. The number of hydrogen-bond donors (Lipinski definition) is 1. The van der Waals surface area contributed by atoms with E-state index < -0.39 is 10.0 Å². The van der Waals surface area contributed by atoms with Crippen molar-refractivity contribution < 1.29 is 13.2 Å². The van der Waals surface area contributed by atoms with Crippen molar-refractivity contribution in [2.45, 2.75) is 11.8 Å². The lowest BCUT2D eigenvalue weighted by atomic mass is 10.2. The molecule has 0 radical (unpaired) electrons. The van der Waals surface area contributed by atoms with Gasteiger partial charge in [-0.25, -0.2) is 13.4 Å². The first-order chi connectivity index (χ1) is 9.44. The molecule has 0 bridgehead atoms. The zero-order valence-corrected chi connectivity index (χ0v) is 13.2. The lowest BCUT2D eigenvalue weighted by Crippen LogP contribution is -2.15. The van der Waals surface area contributed by atoms with Gasteiger partial charge in [-0.3, -0.25) is 4.72 Å². The Kier molecular flexibility index (Phi) is 4.24. The van der Waals surface area contributed by atoms with Crippen LogP contribution in [-0.2, 0) is 10.0 Å². The van der Waals surface area contributed by atoms with Gasteiger partial charge >= 0.3 is 0 Å². The number of nitrogens with zero attached hydrogens (tertiary/aromatic N) is 2. The van der Waals surface area contributed by atoms with Gasteiger partial charge in [0, 0.05) is 0 Å². The van der Waals surface area contributed by atoms with Gasteiger partial charge in [0.2, 0.25) is 5.88 Å². The molecule has 1 heterocycles. The molecule has 0 amide bonds. The van der Waals surface area contributed by atoms with E-state index in [0.29, 0.717) is 10.2 Å². The quantitative estimate of drug-likeness (QED) is 0.908. The number of anilines is 1. The first-order valence-corrected chi connectivity index (χ1v) is 7.86. The van der Waals surface area contributed by atoms with Crippen molar-refractivity contribution in [2.24, 2.45) is 0 Å². The molecule has 0 saturated carbocycles. The van der Waals surface area contributed by atoms with Crippen molar-refractivity contribution >= 4 is 31.8 Å². The Hall–Kier alpha value is -1.67. The molecule has 0 aliphatic rings. The molecule has 0 atom stereocenters. The summed E-state index contributed by atoms with van der Waals surface area (Å²) in [4.78, 5) is 8.16. The number of methoxy groups -OCH3 is 1. The van der Waals surface area contributed by atoms with Crippen LogP contribution in [0.4, 0.5) is 5.82 Å². The molecule has 1 aromatic heterocycles. The van der Waals surface area contributed by atoms with Crippen LogP contribution < -0.4 is 9.46 Å². The van der Waals surface area contributed by atoms with Crippen molar-refractivity contribution in [3.8, 4) is 5.88 Å². The maximum absolute atomic E-state index is 12.3. The maximum Gasteiger partial charge on any atom is 0.263 e. The second kappa shape index (κ2) is 5.76. The van der Waals surface area contributed by atoms with Crippen LogP contribution >= 0.6 is 15.9 Å². The van der Waals surface area contributed by atoms with Gasteiger partial charge in [0.05, 0.1) is 18.2 Å². The summed E-state index contributed by atoms with van der Waals surface area (Å²) in [6, 6.07) is 6.69. The van der Waals surface area contributed by atoms with E-state index in [0.717, 1.165) is 0 Å². The van der Waals surface area contributed by atoms with Crippen molar-refractivity contribution in [3.05, 3.63) is 40.6 Å². The molecule has 2 rings (SSSR count). The fraction of sp³-hybridized carbons (Fsp3) is 0.167. The Bertz CT molecular complexity index is 734. The topological polar surface area (TPSA) is 81.2 Å². The van der Waals surface area contributed by atoms with Crippen molar-refractivity contribution in [3.63, 3.8) is 0 Å². The summed E-state index contributed by atoms with van der Waals surface area (Å²) < 4.78 is 32.3. The van der Waals surface area contributed by atoms with Crippen molar-refractivity contribution in [1.29, 1.82) is 0 Å². The van der Waals surface area contributed by atoms with Crippen LogP contribution in [0.1, 0.15) is 5.56 Å². The molecular weight excluding hydrogens is 346 g/mol. The summed E-state index contributed by atoms with van der Waals surface area (Å²) in [6.07, 6.45) is 1.31. The Morgan fingerprint density at radius 1 is 1.30 bits per heavy atom. The van der Waals surface area contributed by atoms with Crippen LogP contribution in [-0.4, -0.2) is 25.5 Å². The summed E-state index contributed by atoms with van der Waals surface area (Å²) in [5.74, 6) is 0.295. The Morgan fingerprint density at radius 2 is 2.00 bits per heavy atom. The molecule has 0 unspecified atom stereocenters. The predicted molar refractivity (Wildman–Crippen MR) is 78.3 cm³/mol. The third-order valence-electron chi connectivity index (χ3n) is 2.51. The van der Waals surface area contributed by atoms with Gasteiger partial charge in [-0.05, 0) is 34.5 Å². The number of sulfonamides is 1. The molecule has 0 aliphatic heterocycles. The van der Waals surface area contributed by atoms with Crippen LogP contribution in [0, 0.1) is 6.92 Å². The van der Waals surface area contributed by atoms with Crippen molar-refractivity contribution in [1.82, 2.24) is 9.97 Å². The van der Waals surface area contributed by atoms with Gasteiger partial charge in [0.15, 0.2) is 10.4 Å². The fourth-order valence-electron chi connectivity index (χ4n) is 1.59. The summed E-state index contributed by atoms with van der Waals surface area (Å²) >= 11 is 3.15. The molecule has 2 aromatic rings. The Labute approximate surface area is 125 Å². The van der Waals surface area contributed by atoms with E-state index in [1.165, 1.54) is 19.4 Å². The minimum Gasteiger partial charge on any atom is -0.479 e. The molecule has 1 N–H and O–H groups in total.